The van der Waals surface area contributed by atoms with Crippen LogP contribution in [-0.4, -0.2) is 107 Å². The molecule has 168 valence electrons. The van der Waals surface area contributed by atoms with Crippen molar-refractivity contribution in [1.29, 1.82) is 5.26 Å². The van der Waals surface area contributed by atoms with Gasteiger partial charge in [-0.3, -0.25) is 4.68 Å². The van der Waals surface area contributed by atoms with Gasteiger partial charge in [0.25, 0.3) is 0 Å². The van der Waals surface area contributed by atoms with E-state index in [4.69, 9.17) is 48.7 Å². The number of nitrogens with one attached hydrogen (secondary N) is 1. The van der Waals surface area contributed by atoms with Gasteiger partial charge in [0.1, 0.15) is 35.5 Å². The summed E-state index contributed by atoms with van der Waals surface area (Å²) in [6.07, 6.45) is 5.73. The number of aromatic amines is 1. The molecule has 6 atom stereocenters. The van der Waals surface area contributed by atoms with Crippen LogP contribution < -0.4 is 0 Å². The first kappa shape index (κ1) is 27.2. The van der Waals surface area contributed by atoms with Crippen LogP contribution in [0.1, 0.15) is 12.5 Å². The lowest BCUT2D eigenvalue weighted by Gasteiger charge is -2.46. The topological polar surface area (TPSA) is 181 Å². The van der Waals surface area contributed by atoms with E-state index in [1.165, 1.54) is 30.1 Å². The highest BCUT2D eigenvalue weighted by Gasteiger charge is 2.72. The summed E-state index contributed by atoms with van der Waals surface area (Å²) in [7, 11) is 27.3. The van der Waals surface area contributed by atoms with Crippen molar-refractivity contribution in [2.45, 2.75) is 34.2 Å². The van der Waals surface area contributed by atoms with Crippen LogP contribution in [0.25, 0.3) is 22.3 Å². The van der Waals surface area contributed by atoms with Gasteiger partial charge in [-0.1, -0.05) is 5.21 Å². The monoisotopic (exact) mass is 483 g/mol. The van der Waals surface area contributed by atoms with Crippen molar-refractivity contribution >= 4 is 58.3 Å². The normalized spacial score (nSPS) is 30.7. The fourth-order valence-electron chi connectivity index (χ4n) is 4.25. The molecule has 1 fully saturated rings. The van der Waals surface area contributed by atoms with E-state index in [2.05, 4.69) is 20.1 Å². The van der Waals surface area contributed by atoms with Gasteiger partial charge >= 0.3 is 8.03 Å². The Hall–Kier alpha value is -2.42. The third-order valence-electron chi connectivity index (χ3n) is 6.11. The predicted octanol–water partition coefficient (Wildman–Crippen LogP) is -1.72. The molecule has 4 rings (SSSR count). The van der Waals surface area contributed by atoms with Crippen molar-refractivity contribution in [2.24, 2.45) is 5.92 Å². The highest BCUT2D eigenvalue weighted by Crippen LogP contribution is 2.61. The molecule has 17 heteroatoms. The maximum atomic E-state index is 10.9. The molecule has 5 N–H and O–H groups in total. The zero-order valence-electron chi connectivity index (χ0n) is 18.5. The number of aliphatic hydroxyl groups is 3. The maximum absolute atomic E-state index is 10.9. The highest BCUT2D eigenvalue weighted by molar-refractivity contribution is 7.36. The van der Waals surface area contributed by atoms with Crippen molar-refractivity contribution in [1.82, 2.24) is 24.7 Å². The van der Waals surface area contributed by atoms with Gasteiger partial charge in [-0.25, -0.2) is 9.97 Å². The van der Waals surface area contributed by atoms with Crippen molar-refractivity contribution in [3.63, 3.8) is 0 Å². The van der Waals surface area contributed by atoms with Gasteiger partial charge in [0.05, 0.1) is 46.1 Å². The molecule has 3 heterocycles. The lowest BCUT2D eigenvalue weighted by Crippen LogP contribution is -2.60. The Morgan fingerprint density at radius 3 is 2.40 bits per heavy atom. The van der Waals surface area contributed by atoms with Gasteiger partial charge in [0.15, 0.2) is 6.66 Å². The third-order valence-corrected chi connectivity index (χ3v) is 6.11. The van der Waals surface area contributed by atoms with Crippen molar-refractivity contribution in [2.75, 3.05) is 6.66 Å². The average Bonchev–Trinajstić information content (AvgIpc) is 3.42. The number of hydrogen-bond acceptors (Lipinski definition) is 8. The Bertz CT molecular complexity index is 1260. The molecule has 1 aliphatic carbocycles. The smallest absolute Gasteiger partial charge is 0.400 e. The number of nitriles is 1. The van der Waals surface area contributed by atoms with Gasteiger partial charge in [-0.05, 0) is 10.6 Å². The number of aromatic nitrogens is 5. The number of H-pyrrole nitrogens is 1. The van der Waals surface area contributed by atoms with E-state index >= 15 is 0 Å². The lowest BCUT2D eigenvalue weighted by molar-refractivity contribution is -0.0655. The minimum absolute atomic E-state index is 0.333. The van der Waals surface area contributed by atoms with Crippen LogP contribution in [-0.2, 0) is 4.57 Å². The standard InChI is InChI=1S/C17H13B5N6O3.CH3O2P/c18-14(29)12(15(19,30)17(22,31)16(14,20)21)10(1-3-23)28-6-8(5-27-28)11-9-2-4-24-13(9)26-7-25-11;1-4(2)3/h2,4-7,10,12,29-31H,1H2,(H,24,25,26);1H3/p+1/t10-,12?,14?,15?,17?;/m1./s1. The Balaban J connectivity index is 0.000000795. The summed E-state index contributed by atoms with van der Waals surface area (Å²) < 4.78 is 10.4. The number of fused-ring (bicyclic) bond motifs is 1. The number of nitrogens with zero attached hydrogens (tertiary/aromatic N) is 5. The molecule has 0 spiro atoms. The molecule has 35 heavy (non-hydrogen) atoms. The van der Waals surface area contributed by atoms with E-state index in [9.17, 15) is 20.6 Å². The molecular formula is C18H17B5N6O5P+. The molecular weight excluding hydrogens is 465 g/mol. The van der Waals surface area contributed by atoms with E-state index in [0.717, 1.165) is 5.39 Å². The molecule has 3 aromatic heterocycles. The number of rotatable bonds is 4. The van der Waals surface area contributed by atoms with E-state index in [0.29, 0.717) is 16.9 Å². The third kappa shape index (κ3) is 4.26. The Morgan fingerprint density at radius 1 is 1.23 bits per heavy atom. The summed E-state index contributed by atoms with van der Waals surface area (Å²) in [6.45, 7) is 1.23. The largest absolute Gasteiger partial charge is 0.502 e. The fraction of sp³-hybridized carbons (Fsp3) is 0.444. The first-order valence-corrected chi connectivity index (χ1v) is 11.7. The van der Waals surface area contributed by atoms with Crippen molar-refractivity contribution < 1.29 is 24.8 Å². The van der Waals surface area contributed by atoms with Crippen LogP contribution in [0.4, 0.5) is 0 Å². The molecule has 10 radical (unpaired) electrons. The van der Waals surface area contributed by atoms with E-state index in [1.807, 2.05) is 6.07 Å². The van der Waals surface area contributed by atoms with Crippen LogP contribution in [0.5, 0.6) is 0 Å². The summed E-state index contributed by atoms with van der Waals surface area (Å²) in [5, 5.41) is 44.1. The second kappa shape index (κ2) is 9.23. The van der Waals surface area contributed by atoms with Crippen LogP contribution in [0.2, 0.25) is 5.21 Å². The molecule has 1 aliphatic rings. The molecule has 0 aliphatic heterocycles. The molecule has 0 aromatic carbocycles. The zero-order chi connectivity index (χ0) is 26.4. The first-order chi connectivity index (χ1) is 16.1. The van der Waals surface area contributed by atoms with Gasteiger partial charge in [0, 0.05) is 45.8 Å². The second-order valence-electron chi connectivity index (χ2n) is 8.33. The summed E-state index contributed by atoms with van der Waals surface area (Å²) in [6, 6.07) is 2.54. The lowest BCUT2D eigenvalue weighted by atomic mass is 9.34. The van der Waals surface area contributed by atoms with Gasteiger partial charge in [-0.2, -0.15) is 15.3 Å². The fourth-order valence-corrected chi connectivity index (χ4v) is 4.25. The Kier molecular flexibility index (Phi) is 7.17. The van der Waals surface area contributed by atoms with Gasteiger partial charge in [-0.15, -0.1) is 0 Å². The minimum atomic E-state index is -2.90. The maximum Gasteiger partial charge on any atom is 0.502 e. The van der Waals surface area contributed by atoms with E-state index < -0.39 is 41.7 Å². The van der Waals surface area contributed by atoms with Gasteiger partial charge in [0.2, 0.25) is 0 Å². The van der Waals surface area contributed by atoms with Gasteiger partial charge < -0.3 is 20.3 Å². The van der Waals surface area contributed by atoms with Crippen LogP contribution in [0.15, 0.2) is 31.0 Å². The van der Waals surface area contributed by atoms with E-state index in [-0.39, 0.29) is 6.42 Å². The van der Waals surface area contributed by atoms with Crippen LogP contribution in [0, 0.1) is 17.2 Å². The quantitative estimate of drug-likeness (QED) is 0.213. The summed E-state index contributed by atoms with van der Waals surface area (Å²) in [4.78, 5) is 18.9. The highest BCUT2D eigenvalue weighted by atomic mass is 31.1. The summed E-state index contributed by atoms with van der Waals surface area (Å²) >= 11 is 0. The molecule has 0 bridgehead atoms. The molecule has 5 unspecified atom stereocenters. The predicted molar refractivity (Wildman–Crippen MR) is 130 cm³/mol. The van der Waals surface area contributed by atoms with E-state index in [1.54, 1.807) is 12.3 Å². The Morgan fingerprint density at radius 2 is 1.86 bits per heavy atom. The first-order valence-electron chi connectivity index (χ1n) is 10.0. The second-order valence-corrected chi connectivity index (χ2v) is 9.26. The zero-order valence-corrected chi connectivity index (χ0v) is 19.4. The Labute approximate surface area is 208 Å². The summed E-state index contributed by atoms with van der Waals surface area (Å²) in [5.41, 5.74) is -6.66. The van der Waals surface area contributed by atoms with Crippen molar-refractivity contribution in [3.05, 3.63) is 31.0 Å². The molecule has 0 amide bonds. The van der Waals surface area contributed by atoms with Crippen LogP contribution in [0.3, 0.4) is 0 Å². The molecule has 0 saturated heterocycles. The number of hydrogen-bond donors (Lipinski definition) is 5. The SMILES string of the molecule is C[P+](=O)O.[B]C1(O)C([C@@H](CC#N)n2cc(-c3ncnc4[nH]ccc34)cn2)C([B])(O)C([B])(O)C1([B])[B]. The summed E-state index contributed by atoms with van der Waals surface area (Å²) in [5.74, 6) is -1.69. The molecule has 11 nitrogen and oxygen atoms in total. The average molecular weight is 482 g/mol. The molecule has 3 aromatic rings. The van der Waals surface area contributed by atoms with Crippen molar-refractivity contribution in [3.8, 4) is 17.3 Å². The molecule has 1 saturated carbocycles. The minimum Gasteiger partial charge on any atom is -0.400 e. The van der Waals surface area contributed by atoms with Crippen LogP contribution >= 0.6 is 8.03 Å².